The molecule has 4 nitrogen and oxygen atoms in total. The number of carbonyl (C=O) groups is 2. The molecule has 0 radical (unpaired) electrons. The van der Waals surface area contributed by atoms with Crippen LogP contribution in [0.15, 0.2) is 10.7 Å². The summed E-state index contributed by atoms with van der Waals surface area (Å²) in [5.41, 5.74) is 0.648. The Morgan fingerprint density at radius 2 is 2.42 bits per heavy atom. The first kappa shape index (κ1) is 8.99. The van der Waals surface area contributed by atoms with E-state index < -0.39 is 5.97 Å². The molecule has 1 aromatic rings. The maximum atomic E-state index is 11.0. The smallest absolute Gasteiger partial charge is 0.340 e. The Kier molecular flexibility index (Phi) is 2.65. The van der Waals surface area contributed by atoms with E-state index in [-0.39, 0.29) is 0 Å². The summed E-state index contributed by atoms with van der Waals surface area (Å²) in [6, 6.07) is 0. The molecule has 1 heterocycles. The van der Waals surface area contributed by atoms with Crippen molar-refractivity contribution in [1.82, 2.24) is 4.98 Å². The molecule has 1 rings (SSSR count). The number of nitrogens with one attached hydrogen (secondary N) is 1. The number of methoxy groups -OCH3 is 1. The van der Waals surface area contributed by atoms with Crippen LogP contribution in [0.3, 0.4) is 0 Å². The second kappa shape index (κ2) is 3.53. The van der Waals surface area contributed by atoms with Crippen molar-refractivity contribution in [2.24, 2.45) is 0 Å². The van der Waals surface area contributed by atoms with E-state index in [1.165, 1.54) is 13.3 Å². The van der Waals surface area contributed by atoms with Crippen LogP contribution in [0.5, 0.6) is 0 Å². The second-order valence-corrected chi connectivity index (χ2v) is 2.83. The normalized spacial score (nSPS) is 9.50. The van der Waals surface area contributed by atoms with Crippen molar-refractivity contribution in [2.45, 2.75) is 0 Å². The predicted octanol–water partition coefficient (Wildman–Crippen LogP) is 1.38. The van der Waals surface area contributed by atoms with Crippen molar-refractivity contribution in [2.75, 3.05) is 7.11 Å². The first-order chi connectivity index (χ1) is 5.70. The van der Waals surface area contributed by atoms with Crippen molar-refractivity contribution < 1.29 is 14.3 Å². The van der Waals surface area contributed by atoms with Crippen LogP contribution in [0, 0.1) is 0 Å². The average Bonchev–Trinajstić information content (AvgIpc) is 2.45. The molecule has 5 heteroatoms. The summed E-state index contributed by atoms with van der Waals surface area (Å²) in [4.78, 5) is 23.9. The van der Waals surface area contributed by atoms with E-state index in [0.29, 0.717) is 22.0 Å². The van der Waals surface area contributed by atoms with Crippen LogP contribution in [0.1, 0.15) is 20.8 Å². The van der Waals surface area contributed by atoms with Gasteiger partial charge in [-0.3, -0.25) is 4.79 Å². The molecule has 0 saturated carbocycles. The molecule has 0 unspecified atom stereocenters. The molecule has 64 valence electrons. The minimum atomic E-state index is -0.480. The maximum absolute atomic E-state index is 11.0. The predicted molar refractivity (Wildman–Crippen MR) is 45.2 cm³/mol. The van der Waals surface area contributed by atoms with Gasteiger partial charge in [0.25, 0.3) is 0 Å². The molecule has 0 aliphatic rings. The molecule has 0 aliphatic carbocycles. The van der Waals surface area contributed by atoms with E-state index in [2.05, 4.69) is 25.7 Å². The average molecular weight is 232 g/mol. The lowest BCUT2D eigenvalue weighted by molar-refractivity contribution is 0.0600. The number of hydrogen-bond acceptors (Lipinski definition) is 3. The number of aromatic nitrogens is 1. The number of H-pyrrole nitrogens is 1. The number of carbonyl (C=O) groups excluding carboxylic acids is 2. The zero-order valence-corrected chi connectivity index (χ0v) is 7.84. The molecule has 0 amide bonds. The summed E-state index contributed by atoms with van der Waals surface area (Å²) in [7, 11) is 1.28. The Hall–Kier alpha value is -1.10. The number of ether oxygens (including phenoxy) is 1. The fraction of sp³-hybridized carbons (Fsp3) is 0.143. The summed E-state index contributed by atoms with van der Waals surface area (Å²) in [6.07, 6.45) is 2.04. The van der Waals surface area contributed by atoms with Gasteiger partial charge in [0.15, 0.2) is 6.29 Å². The number of aromatic amines is 1. The fourth-order valence-corrected chi connectivity index (χ4v) is 1.25. The highest BCUT2D eigenvalue weighted by atomic mass is 79.9. The van der Waals surface area contributed by atoms with Crippen molar-refractivity contribution in [3.63, 3.8) is 0 Å². The molecule has 0 fully saturated rings. The van der Waals surface area contributed by atoms with Crippen LogP contribution in [0.2, 0.25) is 0 Å². The summed E-state index contributed by atoms with van der Waals surface area (Å²) in [6.45, 7) is 0. The lowest BCUT2D eigenvalue weighted by atomic mass is 10.3. The van der Waals surface area contributed by atoms with Gasteiger partial charge in [-0.15, -0.1) is 0 Å². The molecule has 1 N–H and O–H groups in total. The van der Waals surface area contributed by atoms with Crippen molar-refractivity contribution >= 4 is 28.2 Å². The molecule has 0 aliphatic heterocycles. The summed E-state index contributed by atoms with van der Waals surface area (Å²) in [5.74, 6) is -0.480. The van der Waals surface area contributed by atoms with Crippen molar-refractivity contribution in [3.05, 3.63) is 21.9 Å². The molecule has 0 saturated heterocycles. The molecular formula is C7H6BrNO3. The Bertz CT molecular complexity index is 318. The van der Waals surface area contributed by atoms with Crippen LogP contribution in [0.25, 0.3) is 0 Å². The van der Waals surface area contributed by atoms with E-state index in [0.717, 1.165) is 0 Å². The highest BCUT2D eigenvalue weighted by Crippen LogP contribution is 2.20. The summed E-state index contributed by atoms with van der Waals surface area (Å²) >= 11 is 3.09. The number of rotatable bonds is 2. The zero-order chi connectivity index (χ0) is 9.14. The molecule has 0 spiro atoms. The fourth-order valence-electron chi connectivity index (χ4n) is 0.766. The Morgan fingerprint density at radius 3 is 2.83 bits per heavy atom. The van der Waals surface area contributed by atoms with Crippen LogP contribution in [0.4, 0.5) is 0 Å². The zero-order valence-electron chi connectivity index (χ0n) is 6.26. The van der Waals surface area contributed by atoms with E-state index in [4.69, 9.17) is 0 Å². The van der Waals surface area contributed by atoms with E-state index in [1.54, 1.807) is 0 Å². The molecule has 0 bridgehead atoms. The van der Waals surface area contributed by atoms with Gasteiger partial charge in [0, 0.05) is 6.20 Å². The van der Waals surface area contributed by atoms with Gasteiger partial charge in [-0.25, -0.2) is 4.79 Å². The lowest BCUT2D eigenvalue weighted by Gasteiger charge is -1.94. The van der Waals surface area contributed by atoms with E-state index in [9.17, 15) is 9.59 Å². The maximum Gasteiger partial charge on any atom is 0.340 e. The minimum absolute atomic E-state index is 0.319. The third-order valence-corrected chi connectivity index (χ3v) is 2.22. The van der Waals surface area contributed by atoms with Gasteiger partial charge < -0.3 is 9.72 Å². The molecular weight excluding hydrogens is 226 g/mol. The van der Waals surface area contributed by atoms with Gasteiger partial charge in [0.05, 0.1) is 22.8 Å². The van der Waals surface area contributed by atoms with Crippen LogP contribution >= 0.6 is 15.9 Å². The third-order valence-electron chi connectivity index (χ3n) is 1.37. The highest BCUT2D eigenvalue weighted by Gasteiger charge is 2.14. The largest absolute Gasteiger partial charge is 0.465 e. The second-order valence-electron chi connectivity index (χ2n) is 2.04. The number of hydrogen-bond donors (Lipinski definition) is 1. The number of halogens is 1. The lowest BCUT2D eigenvalue weighted by Crippen LogP contribution is -1.99. The van der Waals surface area contributed by atoms with Crippen LogP contribution in [-0.2, 0) is 4.74 Å². The summed E-state index contributed by atoms with van der Waals surface area (Å²) < 4.78 is 4.90. The standard InChI is InChI=1S/C7H6BrNO3/c1-12-7(11)4-2-9-5(3-10)6(4)8/h2-3,9H,1H3. The van der Waals surface area contributed by atoms with Crippen LogP contribution < -0.4 is 0 Å². The van der Waals surface area contributed by atoms with Crippen molar-refractivity contribution in [1.29, 1.82) is 0 Å². The third kappa shape index (κ3) is 1.40. The van der Waals surface area contributed by atoms with Gasteiger partial charge in [-0.05, 0) is 15.9 Å². The molecule has 12 heavy (non-hydrogen) atoms. The quantitative estimate of drug-likeness (QED) is 0.618. The SMILES string of the molecule is COC(=O)c1c[nH]c(C=O)c1Br. The van der Waals surface area contributed by atoms with Gasteiger partial charge >= 0.3 is 5.97 Å². The van der Waals surface area contributed by atoms with Crippen molar-refractivity contribution in [3.8, 4) is 0 Å². The van der Waals surface area contributed by atoms with Gasteiger partial charge in [0.1, 0.15) is 0 Å². The Balaban J connectivity index is 3.10. The molecule has 0 atom stereocenters. The topological polar surface area (TPSA) is 59.2 Å². The van der Waals surface area contributed by atoms with Gasteiger partial charge in [-0.1, -0.05) is 0 Å². The minimum Gasteiger partial charge on any atom is -0.465 e. The van der Waals surface area contributed by atoms with E-state index >= 15 is 0 Å². The Labute approximate surface area is 77.0 Å². The highest BCUT2D eigenvalue weighted by molar-refractivity contribution is 9.10. The van der Waals surface area contributed by atoms with Gasteiger partial charge in [-0.2, -0.15) is 0 Å². The van der Waals surface area contributed by atoms with Crippen LogP contribution in [-0.4, -0.2) is 24.3 Å². The monoisotopic (exact) mass is 231 g/mol. The number of esters is 1. The molecule has 0 aromatic carbocycles. The van der Waals surface area contributed by atoms with Gasteiger partial charge in [0.2, 0.25) is 0 Å². The first-order valence-corrected chi connectivity index (χ1v) is 3.90. The Morgan fingerprint density at radius 1 is 1.75 bits per heavy atom. The van der Waals surface area contributed by atoms with E-state index in [1.807, 2.05) is 0 Å². The summed E-state index contributed by atoms with van der Waals surface area (Å²) in [5, 5.41) is 0. The molecule has 1 aromatic heterocycles. The first-order valence-electron chi connectivity index (χ1n) is 3.11. The number of aldehydes is 1.